The molecule has 0 radical (unpaired) electrons. The van der Waals surface area contributed by atoms with E-state index in [1.165, 1.54) is 0 Å². The fourth-order valence-corrected chi connectivity index (χ4v) is 4.34. The van der Waals surface area contributed by atoms with Crippen molar-refractivity contribution in [1.82, 2.24) is 9.80 Å². The number of benzene rings is 2. The van der Waals surface area contributed by atoms with E-state index in [-0.39, 0.29) is 17.7 Å². The van der Waals surface area contributed by atoms with Gasteiger partial charge in [0, 0.05) is 31.5 Å². The Kier molecular flexibility index (Phi) is 6.87. The van der Waals surface area contributed by atoms with E-state index in [9.17, 15) is 9.59 Å². The number of carbonyl (C=O) groups is 2. The Balaban J connectivity index is 1.15. The lowest BCUT2D eigenvalue weighted by Gasteiger charge is -2.47. The molecule has 31 heavy (non-hydrogen) atoms. The molecule has 2 amide bonds. The van der Waals surface area contributed by atoms with Crippen LogP contribution in [0.15, 0.2) is 54.6 Å². The van der Waals surface area contributed by atoms with E-state index in [1.54, 1.807) is 0 Å². The fourth-order valence-electron chi connectivity index (χ4n) is 4.34. The van der Waals surface area contributed by atoms with Gasteiger partial charge in [0.2, 0.25) is 11.8 Å². The molecule has 2 N–H and O–H groups in total. The highest BCUT2D eigenvalue weighted by molar-refractivity contribution is 5.77. The quantitative estimate of drug-likeness (QED) is 0.711. The monoisotopic (exact) mass is 421 g/mol. The van der Waals surface area contributed by atoms with Crippen LogP contribution in [0.2, 0.25) is 0 Å². The zero-order chi connectivity index (χ0) is 21.6. The van der Waals surface area contributed by atoms with Crippen molar-refractivity contribution < 1.29 is 14.3 Å². The zero-order valence-corrected chi connectivity index (χ0v) is 17.9. The maximum atomic E-state index is 12.5. The maximum Gasteiger partial charge on any atom is 0.223 e. The van der Waals surface area contributed by atoms with Gasteiger partial charge in [0.25, 0.3) is 0 Å². The van der Waals surface area contributed by atoms with E-state index in [0.29, 0.717) is 19.1 Å². The Labute approximate surface area is 184 Å². The number of likely N-dealkylation sites (tertiary alicyclic amines) is 2. The second-order valence-electron chi connectivity index (χ2n) is 8.58. The third kappa shape index (κ3) is 5.64. The molecule has 0 bridgehead atoms. The minimum Gasteiger partial charge on any atom is -0.489 e. The minimum atomic E-state index is -0.180. The maximum absolute atomic E-state index is 12.5. The summed E-state index contributed by atoms with van der Waals surface area (Å²) in [7, 11) is 0. The van der Waals surface area contributed by atoms with Gasteiger partial charge in [-0.05, 0) is 55.6 Å². The van der Waals surface area contributed by atoms with Crippen molar-refractivity contribution in [3.05, 3.63) is 65.7 Å². The molecule has 6 heteroatoms. The summed E-state index contributed by atoms with van der Waals surface area (Å²) in [5.74, 6) is 0.891. The van der Waals surface area contributed by atoms with E-state index in [4.69, 9.17) is 10.5 Å². The molecule has 0 spiro atoms. The number of hydrogen-bond donors (Lipinski definition) is 1. The molecular formula is C25H31N3O3. The summed E-state index contributed by atoms with van der Waals surface area (Å²) in [6, 6.07) is 18.5. The van der Waals surface area contributed by atoms with Crippen LogP contribution in [0.4, 0.5) is 0 Å². The molecule has 0 unspecified atom stereocenters. The number of carbonyl (C=O) groups excluding carboxylic acids is 2. The Morgan fingerprint density at radius 3 is 2.26 bits per heavy atom. The van der Waals surface area contributed by atoms with E-state index in [0.717, 1.165) is 62.3 Å². The summed E-state index contributed by atoms with van der Waals surface area (Å²) in [6.07, 6.45) is 2.94. The standard InChI is InChI=1S/C25H31N3O3/c26-25(30)21-12-14-27(15-13-21)22-16-28(17-22)24(29)11-8-19-6-9-23(10-7-19)31-18-20-4-2-1-3-5-20/h1-7,9-10,21-22H,8,11-18H2,(H2,26,30). The second kappa shape index (κ2) is 9.96. The Morgan fingerprint density at radius 2 is 1.61 bits per heavy atom. The Bertz CT molecular complexity index is 871. The van der Waals surface area contributed by atoms with Crippen molar-refractivity contribution in [3.8, 4) is 5.75 Å². The zero-order valence-electron chi connectivity index (χ0n) is 17.9. The lowest BCUT2D eigenvalue weighted by molar-refractivity contribution is -0.139. The molecule has 0 saturated carbocycles. The molecule has 4 rings (SSSR count). The highest BCUT2D eigenvalue weighted by atomic mass is 16.5. The first kappa shape index (κ1) is 21.4. The normalized spacial score (nSPS) is 17.9. The van der Waals surface area contributed by atoms with Crippen molar-refractivity contribution in [2.45, 2.75) is 38.3 Å². The number of primary amides is 1. The Morgan fingerprint density at radius 1 is 0.935 bits per heavy atom. The molecule has 2 aliphatic heterocycles. The lowest BCUT2D eigenvalue weighted by atomic mass is 9.93. The van der Waals surface area contributed by atoms with Gasteiger partial charge in [-0.1, -0.05) is 42.5 Å². The predicted molar refractivity (Wildman–Crippen MR) is 119 cm³/mol. The minimum absolute atomic E-state index is 0.0178. The summed E-state index contributed by atoms with van der Waals surface area (Å²) in [4.78, 5) is 28.2. The number of ether oxygens (including phenoxy) is 1. The number of aryl methyl sites for hydroxylation is 1. The summed E-state index contributed by atoms with van der Waals surface area (Å²) >= 11 is 0. The van der Waals surface area contributed by atoms with Gasteiger partial charge in [-0.15, -0.1) is 0 Å². The molecule has 0 aliphatic carbocycles. The molecule has 0 atom stereocenters. The molecule has 2 aliphatic rings. The molecule has 2 heterocycles. The largest absolute Gasteiger partial charge is 0.489 e. The van der Waals surface area contributed by atoms with Crippen LogP contribution in [0.5, 0.6) is 5.75 Å². The topological polar surface area (TPSA) is 75.9 Å². The molecule has 2 fully saturated rings. The van der Waals surface area contributed by atoms with Crippen LogP contribution >= 0.6 is 0 Å². The summed E-state index contributed by atoms with van der Waals surface area (Å²) in [6.45, 7) is 3.95. The number of hydrogen-bond acceptors (Lipinski definition) is 4. The summed E-state index contributed by atoms with van der Waals surface area (Å²) in [5.41, 5.74) is 7.69. The van der Waals surface area contributed by atoms with E-state index < -0.39 is 0 Å². The number of rotatable bonds is 8. The molecule has 2 aromatic carbocycles. The van der Waals surface area contributed by atoms with Gasteiger partial charge in [0.15, 0.2) is 0 Å². The molecule has 6 nitrogen and oxygen atoms in total. The van der Waals surface area contributed by atoms with Gasteiger partial charge in [-0.3, -0.25) is 14.5 Å². The highest BCUT2D eigenvalue weighted by Crippen LogP contribution is 2.24. The highest BCUT2D eigenvalue weighted by Gasteiger charge is 2.36. The molecule has 2 saturated heterocycles. The smallest absolute Gasteiger partial charge is 0.223 e. The number of piperidine rings is 1. The first-order chi connectivity index (χ1) is 15.1. The third-order valence-electron chi connectivity index (χ3n) is 6.46. The molecule has 0 aromatic heterocycles. The fraction of sp³-hybridized carbons (Fsp3) is 0.440. The number of nitrogens with zero attached hydrogens (tertiary/aromatic N) is 2. The van der Waals surface area contributed by atoms with Crippen LogP contribution < -0.4 is 10.5 Å². The van der Waals surface area contributed by atoms with Gasteiger partial charge >= 0.3 is 0 Å². The van der Waals surface area contributed by atoms with Crippen LogP contribution in [0.25, 0.3) is 0 Å². The van der Waals surface area contributed by atoms with E-state index in [1.807, 2.05) is 59.5 Å². The average Bonchev–Trinajstić information content (AvgIpc) is 2.77. The van der Waals surface area contributed by atoms with Gasteiger partial charge in [-0.25, -0.2) is 0 Å². The van der Waals surface area contributed by atoms with Crippen LogP contribution in [-0.4, -0.2) is 53.8 Å². The van der Waals surface area contributed by atoms with Crippen molar-refractivity contribution in [3.63, 3.8) is 0 Å². The van der Waals surface area contributed by atoms with Crippen molar-refractivity contribution in [2.24, 2.45) is 11.7 Å². The SMILES string of the molecule is NC(=O)C1CCN(C2CN(C(=O)CCc3ccc(OCc4ccccc4)cc3)C2)CC1. The van der Waals surface area contributed by atoms with Gasteiger partial charge in [0.05, 0.1) is 0 Å². The predicted octanol–water partition coefficient (Wildman–Crippen LogP) is 2.61. The number of nitrogens with two attached hydrogens (primary N) is 1. The third-order valence-corrected chi connectivity index (χ3v) is 6.46. The number of amides is 2. The van der Waals surface area contributed by atoms with Crippen LogP contribution in [0, 0.1) is 5.92 Å². The van der Waals surface area contributed by atoms with E-state index in [2.05, 4.69) is 4.90 Å². The van der Waals surface area contributed by atoms with Crippen LogP contribution in [0.3, 0.4) is 0 Å². The summed E-state index contributed by atoms with van der Waals surface area (Å²) in [5, 5.41) is 0. The second-order valence-corrected chi connectivity index (χ2v) is 8.58. The summed E-state index contributed by atoms with van der Waals surface area (Å²) < 4.78 is 5.82. The van der Waals surface area contributed by atoms with Crippen LogP contribution in [-0.2, 0) is 22.6 Å². The molecule has 164 valence electrons. The van der Waals surface area contributed by atoms with Gasteiger partial charge < -0.3 is 15.4 Å². The van der Waals surface area contributed by atoms with Crippen molar-refractivity contribution >= 4 is 11.8 Å². The van der Waals surface area contributed by atoms with E-state index >= 15 is 0 Å². The van der Waals surface area contributed by atoms with Crippen molar-refractivity contribution in [1.29, 1.82) is 0 Å². The Hall–Kier alpha value is -2.86. The molecular weight excluding hydrogens is 390 g/mol. The van der Waals surface area contributed by atoms with Gasteiger partial charge in [0.1, 0.15) is 12.4 Å². The molecule has 2 aromatic rings. The lowest BCUT2D eigenvalue weighted by Crippen LogP contribution is -2.62. The van der Waals surface area contributed by atoms with Crippen molar-refractivity contribution in [2.75, 3.05) is 26.2 Å². The van der Waals surface area contributed by atoms with Gasteiger partial charge in [-0.2, -0.15) is 0 Å². The van der Waals surface area contributed by atoms with Crippen LogP contribution in [0.1, 0.15) is 30.4 Å². The average molecular weight is 422 g/mol. The first-order valence-electron chi connectivity index (χ1n) is 11.2. The first-order valence-corrected chi connectivity index (χ1v) is 11.2.